The highest BCUT2D eigenvalue weighted by atomic mass is 79.9. The summed E-state index contributed by atoms with van der Waals surface area (Å²) in [4.78, 5) is 27.6. The number of nitrogens with zero attached hydrogens (tertiary/aromatic N) is 1. The Morgan fingerprint density at radius 1 is 1.00 bits per heavy atom. The summed E-state index contributed by atoms with van der Waals surface area (Å²) >= 11 is 3.44. The van der Waals surface area contributed by atoms with Crippen LogP contribution in [0.2, 0.25) is 0 Å². The monoisotopic (exact) mass is 502 g/mol. The van der Waals surface area contributed by atoms with Gasteiger partial charge in [0, 0.05) is 24.0 Å². The maximum atomic E-state index is 13.2. The van der Waals surface area contributed by atoms with E-state index in [1.165, 1.54) is 0 Å². The second-order valence-corrected chi connectivity index (χ2v) is 9.36. The standard InChI is InChI=1S/C25H31BrN2O4/c1-17(2)15-27-25(30)18(3)28(16-20-4-8-21(26)9-5-20)24(29)11-7-19-6-10-22-23(14-19)32-13-12-31-22/h4-6,8-10,14,17-18H,7,11-13,15-16H2,1-3H3,(H,27,30)/t18-/m0/s1. The van der Waals surface area contributed by atoms with Gasteiger partial charge < -0.3 is 19.7 Å². The molecule has 0 fully saturated rings. The Balaban J connectivity index is 1.70. The fourth-order valence-electron chi connectivity index (χ4n) is 3.46. The van der Waals surface area contributed by atoms with Gasteiger partial charge in [0.1, 0.15) is 19.3 Å². The van der Waals surface area contributed by atoms with Crippen LogP contribution in [0.15, 0.2) is 46.9 Å². The van der Waals surface area contributed by atoms with Crippen LogP contribution in [-0.2, 0) is 22.6 Å². The second kappa shape index (κ2) is 11.4. The lowest BCUT2D eigenvalue weighted by Gasteiger charge is -2.29. The fraction of sp³-hybridized carbons (Fsp3) is 0.440. The van der Waals surface area contributed by atoms with Crippen LogP contribution in [0.3, 0.4) is 0 Å². The molecule has 1 N–H and O–H groups in total. The normalized spacial score (nSPS) is 13.5. The van der Waals surface area contributed by atoms with E-state index < -0.39 is 6.04 Å². The maximum Gasteiger partial charge on any atom is 0.242 e. The Bertz CT molecular complexity index is 930. The van der Waals surface area contributed by atoms with Crippen molar-refractivity contribution < 1.29 is 19.1 Å². The summed E-state index contributed by atoms with van der Waals surface area (Å²) < 4.78 is 12.2. The molecule has 2 amide bonds. The first-order chi connectivity index (χ1) is 15.3. The fourth-order valence-corrected chi connectivity index (χ4v) is 3.72. The Kier molecular flexibility index (Phi) is 8.56. The summed E-state index contributed by atoms with van der Waals surface area (Å²) in [5.74, 6) is 1.60. The Morgan fingerprint density at radius 3 is 2.34 bits per heavy atom. The van der Waals surface area contributed by atoms with Gasteiger partial charge in [-0.1, -0.05) is 48.0 Å². The number of hydrogen-bond acceptors (Lipinski definition) is 4. The Morgan fingerprint density at radius 2 is 1.66 bits per heavy atom. The minimum Gasteiger partial charge on any atom is -0.486 e. The molecule has 172 valence electrons. The van der Waals surface area contributed by atoms with E-state index in [9.17, 15) is 9.59 Å². The lowest BCUT2D eigenvalue weighted by Crippen LogP contribution is -2.48. The molecule has 0 aliphatic carbocycles. The summed E-state index contributed by atoms with van der Waals surface area (Å²) in [6.45, 7) is 7.92. The molecule has 1 aliphatic rings. The van der Waals surface area contributed by atoms with Crippen molar-refractivity contribution in [3.63, 3.8) is 0 Å². The van der Waals surface area contributed by atoms with Crippen LogP contribution in [0.4, 0.5) is 0 Å². The zero-order valence-electron chi connectivity index (χ0n) is 18.9. The van der Waals surface area contributed by atoms with Crippen molar-refractivity contribution in [2.45, 2.75) is 46.2 Å². The number of aryl methyl sites for hydroxylation is 1. The second-order valence-electron chi connectivity index (χ2n) is 8.44. The van der Waals surface area contributed by atoms with Gasteiger partial charge in [-0.25, -0.2) is 0 Å². The number of nitrogens with one attached hydrogen (secondary N) is 1. The first-order valence-electron chi connectivity index (χ1n) is 11.0. The quantitative estimate of drug-likeness (QED) is 0.553. The Hall–Kier alpha value is -2.54. The molecule has 0 saturated carbocycles. The van der Waals surface area contributed by atoms with Crippen LogP contribution >= 0.6 is 15.9 Å². The van der Waals surface area contributed by atoms with Crippen molar-refractivity contribution >= 4 is 27.7 Å². The van der Waals surface area contributed by atoms with Crippen molar-refractivity contribution in [3.8, 4) is 11.5 Å². The SMILES string of the molecule is CC(C)CNC(=O)[C@H](C)N(Cc1ccc(Br)cc1)C(=O)CCc1ccc2c(c1)OCCO2. The summed E-state index contributed by atoms with van der Waals surface area (Å²) in [6.07, 6.45) is 0.866. The number of hydrogen-bond donors (Lipinski definition) is 1. The smallest absolute Gasteiger partial charge is 0.242 e. The number of fused-ring (bicyclic) bond motifs is 1. The van der Waals surface area contributed by atoms with Crippen molar-refractivity contribution in [3.05, 3.63) is 58.1 Å². The molecule has 0 saturated heterocycles. The minimum atomic E-state index is -0.565. The van der Waals surface area contributed by atoms with Crippen LogP contribution < -0.4 is 14.8 Å². The van der Waals surface area contributed by atoms with Crippen LogP contribution in [0.25, 0.3) is 0 Å². The van der Waals surface area contributed by atoms with E-state index >= 15 is 0 Å². The molecule has 1 atom stereocenters. The zero-order chi connectivity index (χ0) is 23.1. The van der Waals surface area contributed by atoms with E-state index in [0.717, 1.165) is 21.3 Å². The van der Waals surface area contributed by atoms with E-state index in [4.69, 9.17) is 9.47 Å². The summed E-state index contributed by atoms with van der Waals surface area (Å²) in [5, 5.41) is 2.95. The summed E-state index contributed by atoms with van der Waals surface area (Å²) in [7, 11) is 0. The molecule has 7 heteroatoms. The lowest BCUT2D eigenvalue weighted by molar-refractivity contribution is -0.140. The van der Waals surface area contributed by atoms with Gasteiger partial charge in [-0.3, -0.25) is 9.59 Å². The zero-order valence-corrected chi connectivity index (χ0v) is 20.5. The van der Waals surface area contributed by atoms with Gasteiger partial charge in [-0.15, -0.1) is 0 Å². The van der Waals surface area contributed by atoms with Gasteiger partial charge >= 0.3 is 0 Å². The minimum absolute atomic E-state index is 0.0602. The number of amides is 2. The largest absolute Gasteiger partial charge is 0.486 e. The third-order valence-corrected chi connectivity index (χ3v) is 5.88. The summed E-state index contributed by atoms with van der Waals surface area (Å²) in [6, 6.07) is 13.0. The molecule has 1 aliphatic heterocycles. The molecular weight excluding hydrogens is 472 g/mol. The van der Waals surface area contributed by atoms with Crippen LogP contribution in [0.5, 0.6) is 11.5 Å². The van der Waals surface area contributed by atoms with Gasteiger partial charge in [0.25, 0.3) is 0 Å². The van der Waals surface area contributed by atoms with Crippen LogP contribution in [0, 0.1) is 5.92 Å². The summed E-state index contributed by atoms with van der Waals surface area (Å²) in [5.41, 5.74) is 1.98. The molecule has 0 aromatic heterocycles. The van der Waals surface area contributed by atoms with E-state index in [0.29, 0.717) is 50.8 Å². The molecule has 0 spiro atoms. The maximum absolute atomic E-state index is 13.2. The van der Waals surface area contributed by atoms with Crippen molar-refractivity contribution in [2.75, 3.05) is 19.8 Å². The molecular formula is C25H31BrN2O4. The number of halogens is 1. The van der Waals surface area contributed by atoms with Crippen LogP contribution in [-0.4, -0.2) is 42.5 Å². The van der Waals surface area contributed by atoms with Crippen molar-refractivity contribution in [2.24, 2.45) is 5.92 Å². The number of carbonyl (C=O) groups is 2. The molecule has 1 heterocycles. The molecule has 3 rings (SSSR count). The van der Waals surface area contributed by atoms with Gasteiger partial charge in [0.15, 0.2) is 11.5 Å². The molecule has 2 aromatic rings. The number of benzene rings is 2. The highest BCUT2D eigenvalue weighted by Gasteiger charge is 2.26. The Labute approximate surface area is 198 Å². The molecule has 0 radical (unpaired) electrons. The van der Waals surface area contributed by atoms with Gasteiger partial charge in [0.05, 0.1) is 0 Å². The van der Waals surface area contributed by atoms with Gasteiger partial charge in [-0.05, 0) is 54.7 Å². The number of ether oxygens (including phenoxy) is 2. The third kappa shape index (κ3) is 6.73. The number of rotatable bonds is 9. The van der Waals surface area contributed by atoms with E-state index in [1.807, 2.05) is 56.3 Å². The lowest BCUT2D eigenvalue weighted by atomic mass is 10.1. The molecule has 6 nitrogen and oxygen atoms in total. The highest BCUT2D eigenvalue weighted by Crippen LogP contribution is 2.31. The topological polar surface area (TPSA) is 67.9 Å². The average molecular weight is 503 g/mol. The van der Waals surface area contributed by atoms with Crippen molar-refractivity contribution in [1.29, 1.82) is 0 Å². The predicted octanol–water partition coefficient (Wildman–Crippen LogP) is 4.34. The third-order valence-electron chi connectivity index (χ3n) is 5.35. The van der Waals surface area contributed by atoms with Gasteiger partial charge in [-0.2, -0.15) is 0 Å². The molecule has 0 bridgehead atoms. The van der Waals surface area contributed by atoms with Crippen molar-refractivity contribution in [1.82, 2.24) is 10.2 Å². The highest BCUT2D eigenvalue weighted by molar-refractivity contribution is 9.10. The van der Waals surface area contributed by atoms with E-state index in [2.05, 4.69) is 21.2 Å². The first kappa shape index (κ1) is 24.1. The van der Waals surface area contributed by atoms with Gasteiger partial charge in [0.2, 0.25) is 11.8 Å². The first-order valence-corrected chi connectivity index (χ1v) is 11.8. The average Bonchev–Trinajstić information content (AvgIpc) is 2.80. The molecule has 2 aromatic carbocycles. The van der Waals surface area contributed by atoms with E-state index in [1.54, 1.807) is 11.8 Å². The van der Waals surface area contributed by atoms with Crippen LogP contribution in [0.1, 0.15) is 38.3 Å². The number of carbonyl (C=O) groups excluding carboxylic acids is 2. The molecule has 32 heavy (non-hydrogen) atoms. The van der Waals surface area contributed by atoms with E-state index in [-0.39, 0.29) is 11.8 Å². The molecule has 0 unspecified atom stereocenters. The predicted molar refractivity (Wildman–Crippen MR) is 128 cm³/mol.